The van der Waals surface area contributed by atoms with Crippen LogP contribution in [-0.2, 0) is 11.3 Å². The molecule has 2 rings (SSSR count). The molecule has 1 aromatic rings. The summed E-state index contributed by atoms with van der Waals surface area (Å²) in [4.78, 5) is 6.41. The normalized spacial score (nSPS) is 26.9. The van der Waals surface area contributed by atoms with Gasteiger partial charge >= 0.3 is 0 Å². The van der Waals surface area contributed by atoms with Crippen molar-refractivity contribution in [2.24, 2.45) is 0 Å². The summed E-state index contributed by atoms with van der Waals surface area (Å²) >= 11 is 5.85. The minimum Gasteiger partial charge on any atom is -0.371 e. The number of hydrogen-bond acceptors (Lipinski definition) is 3. The van der Waals surface area contributed by atoms with E-state index in [4.69, 9.17) is 16.3 Å². The first kappa shape index (κ1) is 11.8. The molecule has 2 heterocycles. The van der Waals surface area contributed by atoms with E-state index in [1.54, 1.807) is 0 Å². The molecule has 0 aromatic carbocycles. The summed E-state index contributed by atoms with van der Waals surface area (Å²) in [7, 11) is 0. The Kier molecular flexibility index (Phi) is 4.16. The Morgan fingerprint density at radius 1 is 1.44 bits per heavy atom. The third-order valence-electron chi connectivity index (χ3n) is 2.73. The van der Waals surface area contributed by atoms with Crippen molar-refractivity contribution in [3.05, 3.63) is 30.1 Å². The summed E-state index contributed by atoms with van der Waals surface area (Å²) in [5.41, 5.74) is 1.29. The first-order valence-corrected chi connectivity index (χ1v) is 6.14. The number of hydrogen-bond donors (Lipinski definition) is 0. The van der Waals surface area contributed by atoms with Gasteiger partial charge in [-0.3, -0.25) is 9.88 Å². The summed E-state index contributed by atoms with van der Waals surface area (Å²) in [5.74, 6) is 0.567. The van der Waals surface area contributed by atoms with Crippen LogP contribution in [0.4, 0.5) is 0 Å². The molecule has 3 nitrogen and oxygen atoms in total. The van der Waals surface area contributed by atoms with E-state index in [1.807, 2.05) is 12.4 Å². The number of morpholine rings is 1. The van der Waals surface area contributed by atoms with E-state index >= 15 is 0 Å². The Morgan fingerprint density at radius 2 is 2.19 bits per heavy atom. The van der Waals surface area contributed by atoms with E-state index in [2.05, 4.69) is 28.9 Å². The van der Waals surface area contributed by atoms with Gasteiger partial charge in [0.1, 0.15) is 0 Å². The van der Waals surface area contributed by atoms with E-state index in [0.29, 0.717) is 5.88 Å². The highest BCUT2D eigenvalue weighted by molar-refractivity contribution is 6.18. The van der Waals surface area contributed by atoms with E-state index < -0.39 is 0 Å². The summed E-state index contributed by atoms with van der Waals surface area (Å²) < 4.78 is 5.72. The van der Waals surface area contributed by atoms with Gasteiger partial charge in [-0.25, -0.2) is 0 Å². The van der Waals surface area contributed by atoms with E-state index in [-0.39, 0.29) is 12.2 Å². The molecule has 0 aliphatic carbocycles. The molecule has 88 valence electrons. The van der Waals surface area contributed by atoms with E-state index in [1.165, 1.54) is 5.56 Å². The van der Waals surface area contributed by atoms with Crippen molar-refractivity contribution >= 4 is 11.6 Å². The van der Waals surface area contributed by atoms with Crippen molar-refractivity contribution in [1.29, 1.82) is 0 Å². The molecule has 1 saturated heterocycles. The minimum absolute atomic E-state index is 0.159. The lowest BCUT2D eigenvalue weighted by molar-refractivity contribution is -0.0688. The van der Waals surface area contributed by atoms with Crippen LogP contribution in [0.3, 0.4) is 0 Å². The number of pyridine rings is 1. The smallest absolute Gasteiger partial charge is 0.0841 e. The highest BCUT2D eigenvalue weighted by atomic mass is 35.5. The van der Waals surface area contributed by atoms with Crippen LogP contribution in [0.2, 0.25) is 0 Å². The molecule has 1 aromatic heterocycles. The standard InChI is InChI=1S/C12H17ClN2O/c1-10-7-15(9-12(6-13)16-10)8-11-2-4-14-5-3-11/h2-5,10,12H,6-9H2,1H3. The number of nitrogens with zero attached hydrogens (tertiary/aromatic N) is 2. The number of aromatic nitrogens is 1. The fourth-order valence-electron chi connectivity index (χ4n) is 2.10. The average Bonchev–Trinajstić information content (AvgIpc) is 2.29. The molecule has 0 radical (unpaired) electrons. The van der Waals surface area contributed by atoms with Crippen molar-refractivity contribution in [3.63, 3.8) is 0 Å². The minimum atomic E-state index is 0.159. The van der Waals surface area contributed by atoms with Gasteiger partial charge in [0.05, 0.1) is 12.2 Å². The number of rotatable bonds is 3. The molecule has 4 heteroatoms. The van der Waals surface area contributed by atoms with Crippen molar-refractivity contribution < 1.29 is 4.74 Å². The summed E-state index contributed by atoms with van der Waals surface area (Å²) in [5, 5.41) is 0. The maximum atomic E-state index is 5.85. The number of halogens is 1. The van der Waals surface area contributed by atoms with Crippen LogP contribution in [0, 0.1) is 0 Å². The van der Waals surface area contributed by atoms with E-state index in [9.17, 15) is 0 Å². The maximum absolute atomic E-state index is 5.85. The van der Waals surface area contributed by atoms with Crippen LogP contribution in [0.1, 0.15) is 12.5 Å². The third-order valence-corrected chi connectivity index (χ3v) is 3.07. The number of alkyl halides is 1. The Balaban J connectivity index is 1.94. The molecule has 1 aliphatic rings. The second kappa shape index (κ2) is 5.62. The molecule has 16 heavy (non-hydrogen) atoms. The Labute approximate surface area is 101 Å². The molecule has 2 unspecified atom stereocenters. The van der Waals surface area contributed by atoms with Gasteiger partial charge in [-0.05, 0) is 24.6 Å². The molecule has 0 spiro atoms. The monoisotopic (exact) mass is 240 g/mol. The predicted octanol–water partition coefficient (Wildman–Crippen LogP) is 1.91. The topological polar surface area (TPSA) is 25.4 Å². The molecule has 0 N–H and O–H groups in total. The second-order valence-electron chi connectivity index (χ2n) is 4.27. The van der Waals surface area contributed by atoms with Gasteiger partial charge in [0.2, 0.25) is 0 Å². The van der Waals surface area contributed by atoms with Crippen LogP contribution in [-0.4, -0.2) is 41.1 Å². The lowest BCUT2D eigenvalue weighted by Gasteiger charge is -2.36. The van der Waals surface area contributed by atoms with Crippen molar-refractivity contribution in [2.75, 3.05) is 19.0 Å². The largest absolute Gasteiger partial charge is 0.371 e. The fraction of sp³-hybridized carbons (Fsp3) is 0.583. The Hall–Kier alpha value is -0.640. The zero-order chi connectivity index (χ0) is 11.4. The second-order valence-corrected chi connectivity index (χ2v) is 4.58. The lowest BCUT2D eigenvalue weighted by Crippen LogP contribution is -2.46. The van der Waals surface area contributed by atoms with Crippen molar-refractivity contribution in [3.8, 4) is 0 Å². The van der Waals surface area contributed by atoms with Gasteiger partial charge in [-0.15, -0.1) is 11.6 Å². The first-order chi connectivity index (χ1) is 7.78. The SMILES string of the molecule is CC1CN(Cc2ccncc2)CC(CCl)O1. The lowest BCUT2D eigenvalue weighted by atomic mass is 10.2. The van der Waals surface area contributed by atoms with Gasteiger partial charge in [0.15, 0.2) is 0 Å². The first-order valence-electron chi connectivity index (χ1n) is 5.60. The van der Waals surface area contributed by atoms with Crippen LogP contribution in [0.5, 0.6) is 0 Å². The van der Waals surface area contributed by atoms with E-state index in [0.717, 1.165) is 19.6 Å². The van der Waals surface area contributed by atoms with Gasteiger partial charge in [-0.2, -0.15) is 0 Å². The predicted molar refractivity (Wildman–Crippen MR) is 64.6 cm³/mol. The van der Waals surface area contributed by atoms with Crippen molar-refractivity contribution in [1.82, 2.24) is 9.88 Å². The summed E-state index contributed by atoms with van der Waals surface area (Å²) in [6.07, 6.45) is 4.09. The zero-order valence-corrected chi connectivity index (χ0v) is 10.2. The number of ether oxygens (including phenoxy) is 1. The van der Waals surface area contributed by atoms with Gasteiger partial charge < -0.3 is 4.74 Å². The quantitative estimate of drug-likeness (QED) is 0.755. The molecule has 0 amide bonds. The maximum Gasteiger partial charge on any atom is 0.0841 e. The fourth-order valence-corrected chi connectivity index (χ4v) is 2.27. The van der Waals surface area contributed by atoms with Crippen LogP contribution < -0.4 is 0 Å². The molecular formula is C12H17ClN2O. The Bertz CT molecular complexity index is 320. The molecule has 1 fully saturated rings. The molecule has 0 saturated carbocycles. The highest BCUT2D eigenvalue weighted by Crippen LogP contribution is 2.14. The molecule has 1 aliphatic heterocycles. The Morgan fingerprint density at radius 3 is 2.88 bits per heavy atom. The zero-order valence-electron chi connectivity index (χ0n) is 9.47. The van der Waals surface area contributed by atoms with Crippen molar-refractivity contribution in [2.45, 2.75) is 25.7 Å². The van der Waals surface area contributed by atoms with Gasteiger partial charge in [0, 0.05) is 37.9 Å². The molecule has 0 bridgehead atoms. The third kappa shape index (κ3) is 3.17. The van der Waals surface area contributed by atoms with Gasteiger partial charge in [0.25, 0.3) is 0 Å². The van der Waals surface area contributed by atoms with Gasteiger partial charge in [-0.1, -0.05) is 0 Å². The average molecular weight is 241 g/mol. The summed E-state index contributed by atoms with van der Waals surface area (Å²) in [6, 6.07) is 4.10. The van der Waals surface area contributed by atoms with Crippen LogP contribution >= 0.6 is 11.6 Å². The van der Waals surface area contributed by atoms with Crippen LogP contribution in [0.25, 0.3) is 0 Å². The molecule has 2 atom stereocenters. The van der Waals surface area contributed by atoms with Crippen LogP contribution in [0.15, 0.2) is 24.5 Å². The summed E-state index contributed by atoms with van der Waals surface area (Å²) in [6.45, 7) is 4.92. The molecular weight excluding hydrogens is 224 g/mol. The highest BCUT2D eigenvalue weighted by Gasteiger charge is 2.24.